The van der Waals surface area contributed by atoms with E-state index in [9.17, 15) is 14.4 Å². The molecule has 0 unspecified atom stereocenters. The van der Waals surface area contributed by atoms with Gasteiger partial charge in [-0.05, 0) is 78.0 Å². The molecule has 2 heterocycles. The summed E-state index contributed by atoms with van der Waals surface area (Å²) in [6.07, 6.45) is 1.34. The van der Waals surface area contributed by atoms with E-state index in [4.69, 9.17) is 26.1 Å². The third-order valence-electron chi connectivity index (χ3n) is 5.96. The lowest BCUT2D eigenvalue weighted by Gasteiger charge is -2.34. The molecule has 0 spiro atoms. The zero-order valence-electron chi connectivity index (χ0n) is 22.4. The van der Waals surface area contributed by atoms with Crippen molar-refractivity contribution in [3.05, 3.63) is 39.9 Å². The number of thiazole rings is 1. The molecule has 1 aliphatic heterocycles. The van der Waals surface area contributed by atoms with E-state index in [1.807, 2.05) is 44.4 Å². The number of aromatic nitrogens is 1. The summed E-state index contributed by atoms with van der Waals surface area (Å²) in [6.45, 7) is 12.0. The van der Waals surface area contributed by atoms with Gasteiger partial charge in [0.2, 0.25) is 5.91 Å². The first-order chi connectivity index (χ1) is 17.3. The van der Waals surface area contributed by atoms with Crippen LogP contribution in [0.2, 0.25) is 5.02 Å². The lowest BCUT2D eigenvalue weighted by molar-refractivity contribution is -0.151. The maximum atomic E-state index is 12.6. The molecule has 1 aliphatic rings. The number of amides is 2. The number of hydrogen-bond donors (Lipinski definition) is 1. The second kappa shape index (κ2) is 11.8. The topological polar surface area (TPSA) is 97.8 Å². The summed E-state index contributed by atoms with van der Waals surface area (Å²) in [5, 5.41) is 6.03. The van der Waals surface area contributed by atoms with Crippen molar-refractivity contribution >= 4 is 40.9 Å². The predicted molar refractivity (Wildman–Crippen MR) is 145 cm³/mol. The minimum absolute atomic E-state index is 0.0521. The molecule has 37 heavy (non-hydrogen) atoms. The Hall–Kier alpha value is -2.65. The fourth-order valence-corrected chi connectivity index (χ4v) is 5.24. The summed E-state index contributed by atoms with van der Waals surface area (Å²) in [7, 11) is 0. The van der Waals surface area contributed by atoms with Gasteiger partial charge in [0.05, 0.1) is 18.7 Å². The molecule has 2 amide bonds. The van der Waals surface area contributed by atoms with Gasteiger partial charge in [-0.25, -0.2) is 14.6 Å². The first-order valence-corrected chi connectivity index (χ1v) is 13.7. The number of piperidine rings is 1. The summed E-state index contributed by atoms with van der Waals surface area (Å²) in [5.74, 6) is -0.569. The van der Waals surface area contributed by atoms with Gasteiger partial charge in [0.1, 0.15) is 16.1 Å². The average Bonchev–Trinajstić information content (AvgIpc) is 3.25. The quantitative estimate of drug-likeness (QED) is 0.453. The van der Waals surface area contributed by atoms with E-state index in [1.165, 1.54) is 11.3 Å². The fraction of sp³-hybridized carbons (Fsp3) is 0.556. The van der Waals surface area contributed by atoms with E-state index in [0.29, 0.717) is 23.8 Å². The van der Waals surface area contributed by atoms with Crippen LogP contribution >= 0.6 is 22.9 Å². The highest BCUT2D eigenvalue weighted by Crippen LogP contribution is 2.38. The van der Waals surface area contributed by atoms with Crippen molar-refractivity contribution in [3.63, 3.8) is 0 Å². The number of rotatable bonds is 7. The fourth-order valence-electron chi connectivity index (χ4n) is 4.20. The van der Waals surface area contributed by atoms with Crippen LogP contribution in [0.4, 0.5) is 4.79 Å². The Balaban J connectivity index is 1.70. The molecule has 0 radical (unpaired) electrons. The normalized spacial score (nSPS) is 14.8. The minimum atomic E-state index is -1.12. The molecule has 1 saturated heterocycles. The first kappa shape index (κ1) is 28.9. The molecule has 10 heteroatoms. The van der Waals surface area contributed by atoms with Gasteiger partial charge in [0.15, 0.2) is 0 Å². The van der Waals surface area contributed by atoms with Crippen molar-refractivity contribution in [1.29, 1.82) is 0 Å². The third-order valence-corrected chi connectivity index (χ3v) is 7.12. The second-order valence-electron chi connectivity index (χ2n) is 10.7. The van der Waals surface area contributed by atoms with Gasteiger partial charge in [-0.2, -0.15) is 0 Å². The van der Waals surface area contributed by atoms with Crippen molar-refractivity contribution in [2.24, 2.45) is 0 Å². The standard InChI is InChI=1S/C27H36ClN3O5S/c1-7-35-24(33)27(5,6)30-22(32)15-19-16-37-23(29-19)20-9-8-18(28)14-21(20)17-10-12-31(13-11-17)25(34)36-26(2,3)4/h8-9,14,16-17H,7,10-13,15H2,1-6H3,(H,30,32). The van der Waals surface area contributed by atoms with Gasteiger partial charge in [-0.3, -0.25) is 4.79 Å². The molecular formula is C27H36ClN3O5S. The highest BCUT2D eigenvalue weighted by Gasteiger charge is 2.32. The number of likely N-dealkylation sites (tertiary alicyclic amines) is 1. The smallest absolute Gasteiger partial charge is 0.410 e. The van der Waals surface area contributed by atoms with Crippen molar-refractivity contribution in [3.8, 4) is 10.6 Å². The van der Waals surface area contributed by atoms with Gasteiger partial charge in [-0.1, -0.05) is 17.7 Å². The van der Waals surface area contributed by atoms with Crippen LogP contribution in [0, 0.1) is 0 Å². The summed E-state index contributed by atoms with van der Waals surface area (Å²) >= 11 is 7.83. The number of benzene rings is 1. The lowest BCUT2D eigenvalue weighted by Crippen LogP contribution is -2.51. The van der Waals surface area contributed by atoms with Gasteiger partial charge >= 0.3 is 12.1 Å². The zero-order valence-corrected chi connectivity index (χ0v) is 23.9. The van der Waals surface area contributed by atoms with E-state index in [1.54, 1.807) is 25.7 Å². The summed E-state index contributed by atoms with van der Waals surface area (Å²) in [4.78, 5) is 43.6. The number of hydrogen-bond acceptors (Lipinski definition) is 7. The van der Waals surface area contributed by atoms with Crippen LogP contribution in [0.25, 0.3) is 10.6 Å². The Kier molecular flexibility index (Phi) is 9.23. The molecule has 3 rings (SSSR count). The molecule has 8 nitrogen and oxygen atoms in total. The van der Waals surface area contributed by atoms with E-state index in [-0.39, 0.29) is 30.9 Å². The number of carbonyl (C=O) groups excluding carboxylic acids is 3. The molecule has 1 N–H and O–H groups in total. The number of nitrogens with one attached hydrogen (secondary N) is 1. The molecular weight excluding hydrogens is 514 g/mol. The molecule has 0 atom stereocenters. The van der Waals surface area contributed by atoms with E-state index in [0.717, 1.165) is 29.0 Å². The van der Waals surface area contributed by atoms with Crippen molar-refractivity contribution < 1.29 is 23.9 Å². The zero-order chi connectivity index (χ0) is 27.4. The Bertz CT molecular complexity index is 1130. The molecule has 202 valence electrons. The maximum Gasteiger partial charge on any atom is 0.410 e. The largest absolute Gasteiger partial charge is 0.464 e. The number of halogens is 1. The van der Waals surface area contributed by atoms with Gasteiger partial charge < -0.3 is 19.7 Å². The number of carbonyl (C=O) groups is 3. The van der Waals surface area contributed by atoms with Crippen molar-refractivity contribution in [2.75, 3.05) is 19.7 Å². The van der Waals surface area contributed by atoms with E-state index < -0.39 is 17.1 Å². The minimum Gasteiger partial charge on any atom is -0.464 e. The Labute approximate surface area is 227 Å². The van der Waals surface area contributed by atoms with Gasteiger partial charge in [-0.15, -0.1) is 11.3 Å². The Morgan fingerprint density at radius 3 is 2.46 bits per heavy atom. The van der Waals surface area contributed by atoms with Crippen LogP contribution in [0.3, 0.4) is 0 Å². The van der Waals surface area contributed by atoms with Gasteiger partial charge in [0, 0.05) is 29.1 Å². The second-order valence-corrected chi connectivity index (χ2v) is 12.0. The summed E-state index contributed by atoms with van der Waals surface area (Å²) < 4.78 is 10.6. The van der Waals surface area contributed by atoms with E-state index >= 15 is 0 Å². The van der Waals surface area contributed by atoms with E-state index in [2.05, 4.69) is 5.32 Å². The lowest BCUT2D eigenvalue weighted by atomic mass is 9.86. The van der Waals surface area contributed by atoms with Crippen LogP contribution < -0.4 is 5.32 Å². The number of nitrogens with zero attached hydrogens (tertiary/aromatic N) is 2. The molecule has 1 aromatic carbocycles. The van der Waals surface area contributed by atoms with Crippen LogP contribution in [-0.4, -0.2) is 58.7 Å². The first-order valence-electron chi connectivity index (χ1n) is 12.5. The molecule has 1 fully saturated rings. The molecule has 2 aromatic rings. The van der Waals surface area contributed by atoms with Crippen LogP contribution in [0.15, 0.2) is 23.6 Å². The van der Waals surface area contributed by atoms with Crippen molar-refractivity contribution in [1.82, 2.24) is 15.2 Å². The summed E-state index contributed by atoms with van der Waals surface area (Å²) in [6, 6.07) is 5.77. The van der Waals surface area contributed by atoms with Crippen LogP contribution in [-0.2, 0) is 25.5 Å². The molecule has 0 aliphatic carbocycles. The maximum absolute atomic E-state index is 12.6. The van der Waals surface area contributed by atoms with Crippen LogP contribution in [0.5, 0.6) is 0 Å². The molecule has 0 bridgehead atoms. The number of esters is 1. The van der Waals surface area contributed by atoms with Gasteiger partial charge in [0.25, 0.3) is 0 Å². The highest BCUT2D eigenvalue weighted by molar-refractivity contribution is 7.13. The van der Waals surface area contributed by atoms with Crippen molar-refractivity contribution in [2.45, 2.75) is 77.9 Å². The molecule has 0 saturated carbocycles. The SMILES string of the molecule is CCOC(=O)C(C)(C)NC(=O)Cc1csc(-c2ccc(Cl)cc2C2CCN(C(=O)OC(C)(C)C)CC2)n1. The average molecular weight is 550 g/mol. The monoisotopic (exact) mass is 549 g/mol. The summed E-state index contributed by atoms with van der Waals surface area (Å²) in [5.41, 5.74) is 1.04. The number of ether oxygens (including phenoxy) is 2. The van der Waals surface area contributed by atoms with Crippen LogP contribution in [0.1, 0.15) is 71.6 Å². The third kappa shape index (κ3) is 7.92. The Morgan fingerprint density at radius 2 is 1.84 bits per heavy atom. The predicted octanol–water partition coefficient (Wildman–Crippen LogP) is 5.58. The highest BCUT2D eigenvalue weighted by atomic mass is 35.5. The Morgan fingerprint density at radius 1 is 1.16 bits per heavy atom. The molecule has 1 aromatic heterocycles.